The van der Waals surface area contributed by atoms with E-state index in [2.05, 4.69) is 24.1 Å². The van der Waals surface area contributed by atoms with Crippen LogP contribution in [0.2, 0.25) is 0 Å². The third-order valence-electron chi connectivity index (χ3n) is 2.19. The molecule has 1 aromatic heterocycles. The van der Waals surface area contributed by atoms with Crippen LogP contribution < -0.4 is 5.32 Å². The van der Waals surface area contributed by atoms with Crippen molar-refractivity contribution in [1.29, 1.82) is 0 Å². The highest BCUT2D eigenvalue weighted by molar-refractivity contribution is 7.15. The maximum absolute atomic E-state index is 8.69. The molecule has 0 saturated heterocycles. The smallest absolute Gasteiger partial charge is 0.183 e. The molecule has 0 aromatic carbocycles. The lowest BCUT2D eigenvalue weighted by atomic mass is 10.2. The number of aliphatic hydroxyl groups is 1. The highest BCUT2D eigenvalue weighted by atomic mass is 32.1. The first kappa shape index (κ1) is 11.5. The Hall–Kier alpha value is -0.610. The largest absolute Gasteiger partial charge is 0.396 e. The van der Waals surface area contributed by atoms with E-state index in [-0.39, 0.29) is 6.61 Å². The van der Waals surface area contributed by atoms with E-state index in [4.69, 9.17) is 5.11 Å². The standard InChI is InChI=1S/C10H18N2OS/c1-7(5-4-6-13)11-10-12-8(2)9(3)14-10/h7,13H,4-6H2,1-3H3,(H,11,12). The summed E-state index contributed by atoms with van der Waals surface area (Å²) >= 11 is 1.69. The fourth-order valence-corrected chi connectivity index (χ4v) is 2.14. The van der Waals surface area contributed by atoms with Gasteiger partial charge in [-0.3, -0.25) is 0 Å². The number of anilines is 1. The number of thiazole rings is 1. The van der Waals surface area contributed by atoms with Crippen molar-refractivity contribution in [3.63, 3.8) is 0 Å². The highest BCUT2D eigenvalue weighted by Crippen LogP contribution is 2.22. The minimum atomic E-state index is 0.266. The van der Waals surface area contributed by atoms with Gasteiger partial charge in [-0.15, -0.1) is 11.3 Å². The van der Waals surface area contributed by atoms with Crippen LogP contribution in [0.25, 0.3) is 0 Å². The Labute approximate surface area is 89.2 Å². The normalized spacial score (nSPS) is 12.9. The van der Waals surface area contributed by atoms with Gasteiger partial charge >= 0.3 is 0 Å². The molecular formula is C10H18N2OS. The van der Waals surface area contributed by atoms with Gasteiger partial charge < -0.3 is 10.4 Å². The van der Waals surface area contributed by atoms with E-state index in [9.17, 15) is 0 Å². The summed E-state index contributed by atoms with van der Waals surface area (Å²) in [7, 11) is 0. The Morgan fingerprint density at radius 1 is 1.50 bits per heavy atom. The van der Waals surface area contributed by atoms with Crippen molar-refractivity contribution >= 4 is 16.5 Å². The van der Waals surface area contributed by atoms with Crippen LogP contribution in [0, 0.1) is 13.8 Å². The van der Waals surface area contributed by atoms with Gasteiger partial charge in [0, 0.05) is 17.5 Å². The zero-order chi connectivity index (χ0) is 10.6. The number of aryl methyl sites for hydroxylation is 2. The molecule has 1 unspecified atom stereocenters. The molecule has 0 amide bonds. The van der Waals surface area contributed by atoms with Gasteiger partial charge in [0.05, 0.1) is 5.69 Å². The summed E-state index contributed by atoms with van der Waals surface area (Å²) in [6, 6.07) is 0.382. The summed E-state index contributed by atoms with van der Waals surface area (Å²) in [5, 5.41) is 13.0. The second kappa shape index (κ2) is 5.32. The summed E-state index contributed by atoms with van der Waals surface area (Å²) in [5.41, 5.74) is 1.10. The lowest BCUT2D eigenvalue weighted by molar-refractivity contribution is 0.282. The number of rotatable bonds is 5. The van der Waals surface area contributed by atoms with Crippen molar-refractivity contribution in [3.05, 3.63) is 10.6 Å². The van der Waals surface area contributed by atoms with Crippen molar-refractivity contribution in [2.45, 2.75) is 39.7 Å². The molecule has 14 heavy (non-hydrogen) atoms. The van der Waals surface area contributed by atoms with Gasteiger partial charge in [0.25, 0.3) is 0 Å². The zero-order valence-electron chi connectivity index (χ0n) is 9.00. The first-order valence-electron chi connectivity index (χ1n) is 4.95. The van der Waals surface area contributed by atoms with Gasteiger partial charge in [-0.2, -0.15) is 0 Å². The van der Waals surface area contributed by atoms with E-state index in [1.807, 2.05) is 6.92 Å². The van der Waals surface area contributed by atoms with Crippen LogP contribution in [-0.4, -0.2) is 22.7 Å². The number of nitrogens with zero attached hydrogens (tertiary/aromatic N) is 1. The molecule has 0 aliphatic carbocycles. The molecule has 1 rings (SSSR count). The van der Waals surface area contributed by atoms with Gasteiger partial charge in [0.2, 0.25) is 0 Å². The first-order chi connectivity index (χ1) is 6.63. The SMILES string of the molecule is Cc1nc(NC(C)CCCO)sc1C. The van der Waals surface area contributed by atoms with Crippen molar-refractivity contribution < 1.29 is 5.11 Å². The van der Waals surface area contributed by atoms with E-state index in [0.717, 1.165) is 23.7 Å². The van der Waals surface area contributed by atoms with Crippen molar-refractivity contribution in [2.24, 2.45) is 0 Å². The lowest BCUT2D eigenvalue weighted by Gasteiger charge is -2.11. The molecule has 2 N–H and O–H groups in total. The Balaban J connectivity index is 2.43. The van der Waals surface area contributed by atoms with Gasteiger partial charge in [0.15, 0.2) is 5.13 Å². The van der Waals surface area contributed by atoms with E-state index in [1.165, 1.54) is 4.88 Å². The fraction of sp³-hybridized carbons (Fsp3) is 0.700. The average Bonchev–Trinajstić information content (AvgIpc) is 2.42. The van der Waals surface area contributed by atoms with Crippen LogP contribution in [0.4, 0.5) is 5.13 Å². The molecule has 0 saturated carbocycles. The first-order valence-corrected chi connectivity index (χ1v) is 5.76. The lowest BCUT2D eigenvalue weighted by Crippen LogP contribution is -2.15. The summed E-state index contributed by atoms with van der Waals surface area (Å²) in [6.45, 7) is 6.48. The fourth-order valence-electron chi connectivity index (χ4n) is 1.21. The molecule has 4 heteroatoms. The summed E-state index contributed by atoms with van der Waals surface area (Å²) < 4.78 is 0. The number of aliphatic hydroxyl groups excluding tert-OH is 1. The van der Waals surface area contributed by atoms with Crippen molar-refractivity contribution in [3.8, 4) is 0 Å². The van der Waals surface area contributed by atoms with Crippen LogP contribution in [0.1, 0.15) is 30.3 Å². The van der Waals surface area contributed by atoms with E-state index in [0.29, 0.717) is 6.04 Å². The van der Waals surface area contributed by atoms with Crippen LogP contribution in [0.15, 0.2) is 0 Å². The predicted molar refractivity (Wildman–Crippen MR) is 61.0 cm³/mol. The van der Waals surface area contributed by atoms with E-state index >= 15 is 0 Å². The molecule has 0 aliphatic rings. The minimum Gasteiger partial charge on any atom is -0.396 e. The molecule has 1 atom stereocenters. The Kier molecular flexibility index (Phi) is 4.35. The highest BCUT2D eigenvalue weighted by Gasteiger charge is 2.06. The quantitative estimate of drug-likeness (QED) is 0.790. The molecular weight excluding hydrogens is 196 g/mol. The van der Waals surface area contributed by atoms with E-state index < -0.39 is 0 Å². The van der Waals surface area contributed by atoms with Crippen LogP contribution in [0.5, 0.6) is 0 Å². The number of nitrogens with one attached hydrogen (secondary N) is 1. The molecule has 0 spiro atoms. The van der Waals surface area contributed by atoms with Gasteiger partial charge in [-0.1, -0.05) is 0 Å². The van der Waals surface area contributed by atoms with Crippen molar-refractivity contribution in [1.82, 2.24) is 4.98 Å². The molecule has 0 radical (unpaired) electrons. The minimum absolute atomic E-state index is 0.266. The summed E-state index contributed by atoms with van der Waals surface area (Å²) in [6.07, 6.45) is 1.83. The summed E-state index contributed by atoms with van der Waals surface area (Å²) in [5.74, 6) is 0. The average molecular weight is 214 g/mol. The van der Waals surface area contributed by atoms with Crippen molar-refractivity contribution in [2.75, 3.05) is 11.9 Å². The number of hydrogen-bond acceptors (Lipinski definition) is 4. The number of aromatic nitrogens is 1. The third kappa shape index (κ3) is 3.27. The third-order valence-corrected chi connectivity index (χ3v) is 3.20. The molecule has 0 fully saturated rings. The molecule has 0 aliphatic heterocycles. The molecule has 80 valence electrons. The van der Waals surface area contributed by atoms with Gasteiger partial charge in [-0.05, 0) is 33.6 Å². The molecule has 1 heterocycles. The van der Waals surface area contributed by atoms with Gasteiger partial charge in [0.1, 0.15) is 0 Å². The van der Waals surface area contributed by atoms with Gasteiger partial charge in [-0.25, -0.2) is 4.98 Å². The molecule has 0 bridgehead atoms. The topological polar surface area (TPSA) is 45.2 Å². The van der Waals surface area contributed by atoms with Crippen LogP contribution >= 0.6 is 11.3 Å². The Morgan fingerprint density at radius 3 is 2.71 bits per heavy atom. The Bertz CT molecular complexity index is 266. The maximum atomic E-state index is 8.69. The predicted octanol–water partition coefficient (Wildman–Crippen LogP) is 2.33. The summed E-state index contributed by atoms with van der Waals surface area (Å²) in [4.78, 5) is 5.67. The van der Waals surface area contributed by atoms with E-state index in [1.54, 1.807) is 11.3 Å². The maximum Gasteiger partial charge on any atom is 0.183 e. The van der Waals surface area contributed by atoms with Crippen LogP contribution in [0.3, 0.4) is 0 Å². The molecule has 3 nitrogen and oxygen atoms in total. The zero-order valence-corrected chi connectivity index (χ0v) is 9.82. The molecule has 1 aromatic rings. The van der Waals surface area contributed by atoms with Crippen LogP contribution in [-0.2, 0) is 0 Å². The number of hydrogen-bond donors (Lipinski definition) is 2. The second-order valence-corrected chi connectivity index (χ2v) is 4.78. The monoisotopic (exact) mass is 214 g/mol. The Morgan fingerprint density at radius 2 is 2.21 bits per heavy atom. The second-order valence-electron chi connectivity index (χ2n) is 3.57.